The smallest absolute Gasteiger partial charge is 0.221 e. The zero-order chi connectivity index (χ0) is 15.4. The van der Waals surface area contributed by atoms with Crippen molar-refractivity contribution in [1.29, 1.82) is 0 Å². The monoisotopic (exact) mass is 285 g/mol. The van der Waals surface area contributed by atoms with Crippen LogP contribution in [0, 0.1) is 5.41 Å². The summed E-state index contributed by atoms with van der Waals surface area (Å²) in [6, 6.07) is 0. The largest absolute Gasteiger partial charge is 0.395 e. The third kappa shape index (κ3) is 13.5. The molecule has 0 bridgehead atoms. The zero-order valence-corrected chi connectivity index (χ0v) is 13.4. The predicted molar refractivity (Wildman–Crippen MR) is 83.7 cm³/mol. The Labute approximate surface area is 123 Å². The summed E-state index contributed by atoms with van der Waals surface area (Å²) in [5.74, 6) is 0.0717. The molecule has 0 radical (unpaired) electrons. The first-order chi connectivity index (χ1) is 9.35. The Balaban J connectivity index is 3.57. The molecule has 0 saturated carbocycles. The maximum absolute atomic E-state index is 11.6. The summed E-state index contributed by atoms with van der Waals surface area (Å²) in [7, 11) is 0. The third-order valence-electron chi connectivity index (χ3n) is 2.54. The number of carbonyl (C=O) groups excluding carboxylic acids is 1. The van der Waals surface area contributed by atoms with Crippen LogP contribution in [0.4, 0.5) is 0 Å². The molecule has 0 spiro atoms. The SMILES string of the molecule is C/C(=C\C(C)(C)C)CNC(=O)CCNCCNCCO. The van der Waals surface area contributed by atoms with Crippen LogP contribution in [-0.2, 0) is 4.79 Å². The molecule has 0 rings (SSSR count). The van der Waals surface area contributed by atoms with Crippen LogP contribution in [-0.4, -0.2) is 50.3 Å². The molecule has 0 atom stereocenters. The van der Waals surface area contributed by atoms with Crippen LogP contribution in [0.1, 0.15) is 34.1 Å². The van der Waals surface area contributed by atoms with E-state index in [1.807, 2.05) is 6.92 Å². The van der Waals surface area contributed by atoms with Crippen molar-refractivity contribution in [3.8, 4) is 0 Å². The summed E-state index contributed by atoms with van der Waals surface area (Å²) in [5, 5.41) is 17.7. The minimum Gasteiger partial charge on any atom is -0.395 e. The highest BCUT2D eigenvalue weighted by molar-refractivity contribution is 5.76. The predicted octanol–water partition coefficient (Wildman–Crippen LogP) is 0.657. The van der Waals surface area contributed by atoms with Crippen molar-refractivity contribution in [2.75, 3.05) is 39.3 Å². The van der Waals surface area contributed by atoms with Crippen molar-refractivity contribution >= 4 is 5.91 Å². The van der Waals surface area contributed by atoms with Gasteiger partial charge in [-0.05, 0) is 12.3 Å². The molecule has 0 aromatic carbocycles. The minimum atomic E-state index is 0.0717. The van der Waals surface area contributed by atoms with E-state index in [-0.39, 0.29) is 17.9 Å². The van der Waals surface area contributed by atoms with Gasteiger partial charge in [0.1, 0.15) is 0 Å². The standard InChI is InChI=1S/C15H31N3O2/c1-13(11-15(2,3)4)12-18-14(20)5-6-16-7-8-17-9-10-19/h11,16-17,19H,5-10,12H2,1-4H3,(H,18,20)/b13-11+. The van der Waals surface area contributed by atoms with Crippen LogP contribution >= 0.6 is 0 Å². The number of hydrogen-bond acceptors (Lipinski definition) is 4. The molecule has 0 aromatic rings. The molecule has 118 valence electrons. The van der Waals surface area contributed by atoms with Crippen molar-refractivity contribution in [3.63, 3.8) is 0 Å². The third-order valence-corrected chi connectivity index (χ3v) is 2.54. The number of amides is 1. The maximum Gasteiger partial charge on any atom is 0.221 e. The lowest BCUT2D eigenvalue weighted by Crippen LogP contribution is -2.32. The van der Waals surface area contributed by atoms with E-state index in [9.17, 15) is 4.79 Å². The molecule has 1 amide bonds. The first kappa shape index (κ1) is 19.1. The normalized spacial score (nSPS) is 12.6. The molecule has 0 aliphatic heterocycles. The molecule has 0 aliphatic carbocycles. The molecule has 0 unspecified atom stereocenters. The number of rotatable bonds is 10. The van der Waals surface area contributed by atoms with Gasteiger partial charge < -0.3 is 21.1 Å². The second-order valence-corrected chi connectivity index (χ2v) is 6.11. The molecule has 20 heavy (non-hydrogen) atoms. The van der Waals surface area contributed by atoms with Gasteiger partial charge in [0.25, 0.3) is 0 Å². The van der Waals surface area contributed by atoms with Gasteiger partial charge in [0.15, 0.2) is 0 Å². The zero-order valence-electron chi connectivity index (χ0n) is 13.4. The Morgan fingerprint density at radius 3 is 2.25 bits per heavy atom. The van der Waals surface area contributed by atoms with Crippen LogP contribution < -0.4 is 16.0 Å². The van der Waals surface area contributed by atoms with Crippen LogP contribution in [0.3, 0.4) is 0 Å². The molecule has 0 heterocycles. The molecule has 5 nitrogen and oxygen atoms in total. The molecule has 5 heteroatoms. The number of aliphatic hydroxyl groups excluding tert-OH is 1. The maximum atomic E-state index is 11.6. The van der Waals surface area contributed by atoms with Gasteiger partial charge >= 0.3 is 0 Å². The molecule has 0 saturated heterocycles. The summed E-state index contributed by atoms with van der Waals surface area (Å²) < 4.78 is 0. The average Bonchev–Trinajstić information content (AvgIpc) is 2.33. The highest BCUT2D eigenvalue weighted by Crippen LogP contribution is 2.16. The van der Waals surface area contributed by atoms with E-state index < -0.39 is 0 Å². The van der Waals surface area contributed by atoms with Crippen LogP contribution in [0.25, 0.3) is 0 Å². The Morgan fingerprint density at radius 2 is 1.70 bits per heavy atom. The summed E-state index contributed by atoms with van der Waals surface area (Å²) in [5.41, 5.74) is 1.34. The lowest BCUT2D eigenvalue weighted by Gasteiger charge is -2.14. The Hall–Kier alpha value is -0.910. The fraction of sp³-hybridized carbons (Fsp3) is 0.800. The van der Waals surface area contributed by atoms with Crippen LogP contribution in [0.2, 0.25) is 0 Å². The summed E-state index contributed by atoms with van der Waals surface area (Å²) >= 11 is 0. The topological polar surface area (TPSA) is 73.4 Å². The number of nitrogens with one attached hydrogen (secondary N) is 3. The van der Waals surface area contributed by atoms with Crippen molar-refractivity contribution < 1.29 is 9.90 Å². The number of hydrogen-bond donors (Lipinski definition) is 4. The molecular formula is C15H31N3O2. The second kappa shape index (κ2) is 10.8. The summed E-state index contributed by atoms with van der Waals surface area (Å²) in [6.45, 7) is 12.1. The molecule has 0 aromatic heterocycles. The van der Waals surface area contributed by atoms with Gasteiger partial charge in [-0.15, -0.1) is 0 Å². The summed E-state index contributed by atoms with van der Waals surface area (Å²) in [6.07, 6.45) is 2.67. The molecule has 0 aliphatic rings. The van der Waals surface area contributed by atoms with Gasteiger partial charge in [-0.2, -0.15) is 0 Å². The fourth-order valence-electron chi connectivity index (χ4n) is 1.82. The van der Waals surface area contributed by atoms with Crippen LogP contribution in [0.15, 0.2) is 11.6 Å². The van der Waals surface area contributed by atoms with Gasteiger partial charge in [0, 0.05) is 39.1 Å². The number of allylic oxidation sites excluding steroid dienone is 1. The summed E-state index contributed by atoms with van der Waals surface area (Å²) in [4.78, 5) is 11.6. The second-order valence-electron chi connectivity index (χ2n) is 6.11. The first-order valence-corrected chi connectivity index (χ1v) is 7.32. The fourth-order valence-corrected chi connectivity index (χ4v) is 1.82. The van der Waals surface area contributed by atoms with Gasteiger partial charge in [-0.25, -0.2) is 0 Å². The highest BCUT2D eigenvalue weighted by atomic mass is 16.3. The number of carbonyl (C=O) groups is 1. The van der Waals surface area contributed by atoms with Crippen LogP contribution in [0.5, 0.6) is 0 Å². The minimum absolute atomic E-state index is 0.0717. The van der Waals surface area contributed by atoms with Gasteiger partial charge in [-0.1, -0.05) is 32.4 Å². The van der Waals surface area contributed by atoms with E-state index in [2.05, 4.69) is 42.8 Å². The number of aliphatic hydroxyl groups is 1. The quantitative estimate of drug-likeness (QED) is 0.351. The lowest BCUT2D eigenvalue weighted by molar-refractivity contribution is -0.120. The van der Waals surface area contributed by atoms with E-state index in [1.54, 1.807) is 0 Å². The molecule has 4 N–H and O–H groups in total. The molecule has 0 fully saturated rings. The Morgan fingerprint density at radius 1 is 1.10 bits per heavy atom. The Bertz CT molecular complexity index is 296. The van der Waals surface area contributed by atoms with Crippen molar-refractivity contribution in [1.82, 2.24) is 16.0 Å². The van der Waals surface area contributed by atoms with Crippen molar-refractivity contribution in [3.05, 3.63) is 11.6 Å². The first-order valence-electron chi connectivity index (χ1n) is 7.32. The van der Waals surface area contributed by atoms with Gasteiger partial charge in [-0.3, -0.25) is 4.79 Å². The van der Waals surface area contributed by atoms with Gasteiger partial charge in [0.2, 0.25) is 5.91 Å². The van der Waals surface area contributed by atoms with E-state index in [1.165, 1.54) is 5.57 Å². The van der Waals surface area contributed by atoms with E-state index in [4.69, 9.17) is 5.11 Å². The average molecular weight is 285 g/mol. The van der Waals surface area contributed by atoms with Crippen molar-refractivity contribution in [2.45, 2.75) is 34.1 Å². The van der Waals surface area contributed by atoms with E-state index in [0.29, 0.717) is 26.1 Å². The van der Waals surface area contributed by atoms with E-state index >= 15 is 0 Å². The van der Waals surface area contributed by atoms with Crippen molar-refractivity contribution in [2.24, 2.45) is 5.41 Å². The molecular weight excluding hydrogens is 254 g/mol. The lowest BCUT2D eigenvalue weighted by atomic mass is 9.94. The Kier molecular flexibility index (Phi) is 10.3. The van der Waals surface area contributed by atoms with Gasteiger partial charge in [0.05, 0.1) is 6.61 Å². The highest BCUT2D eigenvalue weighted by Gasteiger charge is 2.07. The van der Waals surface area contributed by atoms with E-state index in [0.717, 1.165) is 13.1 Å².